The third-order valence-corrected chi connectivity index (χ3v) is 8.21. The second-order valence-electron chi connectivity index (χ2n) is 12.4. The van der Waals surface area contributed by atoms with Crippen LogP contribution in [0.4, 0.5) is 10.5 Å². The van der Waals surface area contributed by atoms with Crippen LogP contribution >= 0.6 is 0 Å². The summed E-state index contributed by atoms with van der Waals surface area (Å²) in [6, 6.07) is 7.06. The zero-order valence-corrected chi connectivity index (χ0v) is 26.6. The van der Waals surface area contributed by atoms with E-state index in [2.05, 4.69) is 17.1 Å². The summed E-state index contributed by atoms with van der Waals surface area (Å²) in [5.41, 5.74) is 1.36. The molecule has 3 heterocycles. The average molecular weight is 605 g/mol. The number of carbonyl (C=O) groups is 2. The summed E-state index contributed by atoms with van der Waals surface area (Å²) in [6.45, 7) is 11.4. The van der Waals surface area contributed by atoms with Gasteiger partial charge in [0.2, 0.25) is 5.79 Å². The Labute approximate surface area is 257 Å². The maximum Gasteiger partial charge on any atom is 0.412 e. The number of esters is 1. The van der Waals surface area contributed by atoms with Gasteiger partial charge in [-0.2, -0.15) is 0 Å². The fraction of sp³-hybridized carbons (Fsp3) is 0.758. The van der Waals surface area contributed by atoms with Gasteiger partial charge in [-0.25, -0.2) is 4.79 Å². The Morgan fingerprint density at radius 1 is 0.977 bits per heavy atom. The molecule has 0 bridgehead atoms. The second-order valence-corrected chi connectivity index (χ2v) is 12.4. The lowest BCUT2D eigenvalue weighted by molar-refractivity contribution is -0.279. The fourth-order valence-electron chi connectivity index (χ4n) is 6.20. The molecule has 0 spiro atoms. The van der Waals surface area contributed by atoms with Crippen molar-refractivity contribution in [2.24, 2.45) is 0 Å². The summed E-state index contributed by atoms with van der Waals surface area (Å²) >= 11 is 0. The highest BCUT2D eigenvalue weighted by Crippen LogP contribution is 2.47. The molecule has 4 atom stereocenters. The Kier molecular flexibility index (Phi) is 12.7. The number of unbranched alkanes of at least 4 members (excludes halogenated alkanes) is 4. The summed E-state index contributed by atoms with van der Waals surface area (Å²) < 4.78 is 36.7. The van der Waals surface area contributed by atoms with Crippen molar-refractivity contribution >= 4 is 17.7 Å². The fourth-order valence-corrected chi connectivity index (χ4v) is 6.20. The first kappa shape index (κ1) is 33.6. The number of hydrogen-bond donors (Lipinski definition) is 1. The van der Waals surface area contributed by atoms with Crippen molar-refractivity contribution in [3.05, 3.63) is 29.8 Å². The quantitative estimate of drug-likeness (QED) is 0.196. The Bertz CT molecular complexity index is 1010. The number of ether oxygens (including phenoxy) is 6. The number of rotatable bonds is 15. The SMILES string of the molecule is CCCCCCCOC[C@@]12O[C@@H](CN3CCCCCC3)[C@@H](OC(=O)Nc3ccc(CC(=O)OCC)cc3)[C@@H]1OC(C)(C)O2. The van der Waals surface area contributed by atoms with E-state index in [1.165, 1.54) is 32.1 Å². The van der Waals surface area contributed by atoms with E-state index in [0.29, 0.717) is 25.4 Å². The van der Waals surface area contributed by atoms with Gasteiger partial charge in [0.1, 0.15) is 12.7 Å². The van der Waals surface area contributed by atoms with Crippen LogP contribution in [0.2, 0.25) is 0 Å². The highest BCUT2D eigenvalue weighted by Gasteiger charge is 2.66. The summed E-state index contributed by atoms with van der Waals surface area (Å²) in [7, 11) is 0. The van der Waals surface area contributed by atoms with Crippen molar-refractivity contribution in [3.63, 3.8) is 0 Å². The number of amides is 1. The molecule has 1 aromatic carbocycles. The highest BCUT2D eigenvalue weighted by atomic mass is 16.9. The molecule has 0 saturated carbocycles. The number of anilines is 1. The normalized spacial score (nSPS) is 26.9. The zero-order valence-electron chi connectivity index (χ0n) is 26.6. The van der Waals surface area contributed by atoms with Gasteiger partial charge in [0.05, 0.1) is 13.0 Å². The van der Waals surface area contributed by atoms with Crippen LogP contribution in [0.25, 0.3) is 0 Å². The monoisotopic (exact) mass is 604 g/mol. The number of carbonyl (C=O) groups excluding carboxylic acids is 2. The molecule has 0 unspecified atom stereocenters. The minimum absolute atomic E-state index is 0.174. The van der Waals surface area contributed by atoms with Crippen LogP contribution in [0.3, 0.4) is 0 Å². The Balaban J connectivity index is 1.43. The number of fused-ring (bicyclic) bond motifs is 1. The molecule has 0 aromatic heterocycles. The molecule has 43 heavy (non-hydrogen) atoms. The lowest BCUT2D eigenvalue weighted by Crippen LogP contribution is -2.46. The third-order valence-electron chi connectivity index (χ3n) is 8.21. The first-order valence-electron chi connectivity index (χ1n) is 16.3. The predicted molar refractivity (Wildman–Crippen MR) is 163 cm³/mol. The van der Waals surface area contributed by atoms with E-state index in [-0.39, 0.29) is 19.0 Å². The second kappa shape index (κ2) is 16.2. The average Bonchev–Trinajstić information content (AvgIpc) is 3.20. The van der Waals surface area contributed by atoms with Gasteiger partial charge in [-0.3, -0.25) is 10.1 Å². The molecule has 3 aliphatic heterocycles. The molecule has 1 amide bonds. The third kappa shape index (κ3) is 9.88. The Morgan fingerprint density at radius 2 is 1.70 bits per heavy atom. The number of likely N-dealkylation sites (tertiary alicyclic amines) is 1. The lowest BCUT2D eigenvalue weighted by Gasteiger charge is -2.31. The van der Waals surface area contributed by atoms with Crippen molar-refractivity contribution in [1.29, 1.82) is 0 Å². The van der Waals surface area contributed by atoms with Crippen LogP contribution in [0.1, 0.15) is 91.0 Å². The van der Waals surface area contributed by atoms with Crippen molar-refractivity contribution in [1.82, 2.24) is 4.90 Å². The van der Waals surface area contributed by atoms with Crippen molar-refractivity contribution in [2.45, 2.75) is 122 Å². The van der Waals surface area contributed by atoms with Gasteiger partial charge in [-0.15, -0.1) is 0 Å². The van der Waals surface area contributed by atoms with Crippen LogP contribution < -0.4 is 5.32 Å². The maximum absolute atomic E-state index is 13.2. The highest BCUT2D eigenvalue weighted by molar-refractivity contribution is 5.85. The van der Waals surface area contributed by atoms with Crippen molar-refractivity contribution in [2.75, 3.05) is 44.8 Å². The van der Waals surface area contributed by atoms with Gasteiger partial charge in [0, 0.05) is 18.8 Å². The first-order chi connectivity index (χ1) is 20.7. The Morgan fingerprint density at radius 3 is 2.40 bits per heavy atom. The van der Waals surface area contributed by atoms with Gasteiger partial charge >= 0.3 is 12.1 Å². The lowest BCUT2D eigenvalue weighted by atomic mass is 10.0. The number of nitrogens with one attached hydrogen (secondary N) is 1. The van der Waals surface area contributed by atoms with Gasteiger partial charge in [-0.05, 0) is 70.8 Å². The van der Waals surface area contributed by atoms with E-state index in [1.807, 2.05) is 13.8 Å². The smallest absolute Gasteiger partial charge is 0.412 e. The van der Waals surface area contributed by atoms with E-state index in [9.17, 15) is 9.59 Å². The van der Waals surface area contributed by atoms with E-state index in [1.54, 1.807) is 31.2 Å². The molecule has 0 aliphatic carbocycles. The van der Waals surface area contributed by atoms with Crippen LogP contribution in [0.5, 0.6) is 0 Å². The molecule has 3 saturated heterocycles. The number of hydrogen-bond acceptors (Lipinski definition) is 9. The molecular weight excluding hydrogens is 552 g/mol. The maximum atomic E-state index is 13.2. The van der Waals surface area contributed by atoms with Gasteiger partial charge in [0.25, 0.3) is 0 Å². The van der Waals surface area contributed by atoms with Crippen LogP contribution in [-0.2, 0) is 39.6 Å². The van der Waals surface area contributed by atoms with Crippen LogP contribution in [0, 0.1) is 0 Å². The Hall–Kier alpha value is -2.24. The molecule has 3 fully saturated rings. The zero-order chi connectivity index (χ0) is 30.7. The first-order valence-corrected chi connectivity index (χ1v) is 16.3. The van der Waals surface area contributed by atoms with Crippen molar-refractivity contribution < 1.29 is 38.0 Å². The number of nitrogens with zero attached hydrogens (tertiary/aromatic N) is 1. The summed E-state index contributed by atoms with van der Waals surface area (Å²) in [5.74, 6) is -2.37. The summed E-state index contributed by atoms with van der Waals surface area (Å²) in [5, 5.41) is 2.82. The van der Waals surface area contributed by atoms with E-state index >= 15 is 0 Å². The van der Waals surface area contributed by atoms with Crippen LogP contribution in [0.15, 0.2) is 24.3 Å². The van der Waals surface area contributed by atoms with E-state index in [0.717, 1.165) is 44.3 Å². The number of benzene rings is 1. The molecule has 242 valence electrons. The molecule has 10 heteroatoms. The molecular formula is C33H52N2O8. The minimum atomic E-state index is -1.16. The van der Waals surface area contributed by atoms with E-state index < -0.39 is 36.0 Å². The predicted octanol–water partition coefficient (Wildman–Crippen LogP) is 5.82. The molecule has 10 nitrogen and oxygen atoms in total. The standard InChI is InChI=1S/C33H52N2O8/c1-5-7-8-11-14-21-38-24-33-30(42-32(3,4)43-33)29(27(41-33)23-35-19-12-9-10-13-20-35)40-31(37)34-26-17-15-25(16-18-26)22-28(36)39-6-2/h15-18,27,29-30H,5-14,19-24H2,1-4H3,(H,34,37)/t27-,29+,30-,33-/m0/s1. The minimum Gasteiger partial charge on any atom is -0.466 e. The van der Waals surface area contributed by atoms with Crippen LogP contribution in [-0.4, -0.2) is 86.3 Å². The molecule has 1 aromatic rings. The molecule has 0 radical (unpaired) electrons. The molecule has 4 rings (SSSR count). The van der Waals surface area contributed by atoms with E-state index in [4.69, 9.17) is 28.4 Å². The van der Waals surface area contributed by atoms with Gasteiger partial charge in [-0.1, -0.05) is 57.6 Å². The largest absolute Gasteiger partial charge is 0.466 e. The summed E-state index contributed by atoms with van der Waals surface area (Å²) in [4.78, 5) is 27.4. The molecule has 1 N–H and O–H groups in total. The van der Waals surface area contributed by atoms with Gasteiger partial charge in [0.15, 0.2) is 18.0 Å². The van der Waals surface area contributed by atoms with Crippen molar-refractivity contribution in [3.8, 4) is 0 Å². The molecule has 3 aliphatic rings. The van der Waals surface area contributed by atoms with Gasteiger partial charge < -0.3 is 33.3 Å². The topological polar surface area (TPSA) is 105 Å². The summed E-state index contributed by atoms with van der Waals surface area (Å²) in [6.07, 6.45) is 8.26.